The molecule has 3 rings (SSSR count). The van der Waals surface area contributed by atoms with Crippen LogP contribution in [0, 0.1) is 5.92 Å². The summed E-state index contributed by atoms with van der Waals surface area (Å²) in [4.78, 5) is 18.9. The molecule has 0 saturated carbocycles. The summed E-state index contributed by atoms with van der Waals surface area (Å²) in [5.74, 6) is 0.0625. The minimum Gasteiger partial charge on any atom is -0.495 e. The Labute approximate surface area is 157 Å². The Kier molecular flexibility index (Phi) is 5.18. The number of pyridine rings is 1. The van der Waals surface area contributed by atoms with Crippen molar-refractivity contribution in [3.8, 4) is 5.75 Å². The lowest BCUT2D eigenvalue weighted by molar-refractivity contribution is 0.0690. The van der Waals surface area contributed by atoms with E-state index in [0.29, 0.717) is 28.8 Å². The Morgan fingerprint density at radius 2 is 2.12 bits per heavy atom. The zero-order chi connectivity index (χ0) is 18.8. The van der Waals surface area contributed by atoms with Crippen LogP contribution in [-0.2, 0) is 12.8 Å². The molecule has 0 spiro atoms. The number of aromatic nitrogens is 2. The number of nitrogens with zero attached hydrogens (tertiary/aromatic N) is 1. The number of carbonyl (C=O) groups is 1. The molecule has 0 bridgehead atoms. The number of halogens is 1. The number of benzene rings is 1. The fourth-order valence-electron chi connectivity index (χ4n) is 3.13. The fraction of sp³-hybridized carbons (Fsp3) is 0.300. The summed E-state index contributed by atoms with van der Waals surface area (Å²) in [6.07, 6.45) is 1.41. The normalized spacial score (nSPS) is 11.3. The molecule has 2 heterocycles. The minimum absolute atomic E-state index is 0.0486. The van der Waals surface area contributed by atoms with Gasteiger partial charge in [-0.05, 0) is 36.1 Å². The van der Waals surface area contributed by atoms with Gasteiger partial charge < -0.3 is 14.8 Å². The van der Waals surface area contributed by atoms with Crippen LogP contribution in [-0.4, -0.2) is 28.2 Å². The van der Waals surface area contributed by atoms with Gasteiger partial charge in [-0.2, -0.15) is 0 Å². The maximum absolute atomic E-state index is 11.2. The monoisotopic (exact) mass is 372 g/mol. The Balaban J connectivity index is 2.11. The van der Waals surface area contributed by atoms with Crippen LogP contribution in [0.4, 0.5) is 0 Å². The number of hydrogen-bond donors (Lipinski definition) is 2. The molecule has 0 unspecified atom stereocenters. The largest absolute Gasteiger partial charge is 0.495 e. The molecule has 1 aromatic carbocycles. The van der Waals surface area contributed by atoms with Crippen molar-refractivity contribution >= 4 is 28.5 Å². The standard InChI is InChI=1S/C20H21ClN2O3/c1-11(2)7-17-13(8-12-5-4-6-16(22-12)20(24)25)14-9-15(21)19(26-3)10-18(14)23-17/h4-6,9-11,23H,7-8H2,1-3H3,(H,24,25). The summed E-state index contributed by atoms with van der Waals surface area (Å²) in [7, 11) is 1.59. The second-order valence-corrected chi connectivity index (χ2v) is 7.12. The number of H-pyrrole nitrogens is 1. The topological polar surface area (TPSA) is 75.2 Å². The van der Waals surface area contributed by atoms with Gasteiger partial charge in [-0.3, -0.25) is 0 Å². The number of carboxylic acid groups (broad SMARTS) is 1. The highest BCUT2D eigenvalue weighted by Crippen LogP contribution is 2.34. The molecular weight excluding hydrogens is 352 g/mol. The second-order valence-electron chi connectivity index (χ2n) is 6.71. The molecule has 3 aromatic rings. The molecule has 0 saturated heterocycles. The number of ether oxygens (including phenoxy) is 1. The van der Waals surface area contributed by atoms with Crippen LogP contribution in [0.25, 0.3) is 10.9 Å². The summed E-state index contributed by atoms with van der Waals surface area (Å²) in [5.41, 5.74) is 3.91. The van der Waals surface area contributed by atoms with Gasteiger partial charge in [-0.1, -0.05) is 31.5 Å². The van der Waals surface area contributed by atoms with E-state index in [1.54, 1.807) is 13.2 Å². The van der Waals surface area contributed by atoms with Crippen LogP contribution in [0.2, 0.25) is 5.02 Å². The van der Waals surface area contributed by atoms with E-state index in [4.69, 9.17) is 16.3 Å². The summed E-state index contributed by atoms with van der Waals surface area (Å²) in [6, 6.07) is 8.85. The Hall–Kier alpha value is -2.53. The predicted molar refractivity (Wildman–Crippen MR) is 102 cm³/mol. The second kappa shape index (κ2) is 7.38. The van der Waals surface area contributed by atoms with Crippen molar-refractivity contribution in [1.82, 2.24) is 9.97 Å². The molecule has 0 amide bonds. The first kappa shape index (κ1) is 18.3. The average molecular weight is 373 g/mol. The molecule has 0 atom stereocenters. The molecule has 26 heavy (non-hydrogen) atoms. The Bertz CT molecular complexity index is 963. The average Bonchev–Trinajstić information content (AvgIpc) is 2.90. The number of aromatic amines is 1. The summed E-state index contributed by atoms with van der Waals surface area (Å²) in [6.45, 7) is 4.32. The molecule has 0 aliphatic carbocycles. The van der Waals surface area contributed by atoms with E-state index in [0.717, 1.165) is 28.6 Å². The molecule has 2 N–H and O–H groups in total. The number of methoxy groups -OCH3 is 1. The highest BCUT2D eigenvalue weighted by Gasteiger charge is 2.17. The first-order valence-corrected chi connectivity index (χ1v) is 8.83. The van der Waals surface area contributed by atoms with Gasteiger partial charge in [0.25, 0.3) is 0 Å². The molecule has 0 aliphatic rings. The molecule has 6 heteroatoms. The van der Waals surface area contributed by atoms with Crippen molar-refractivity contribution in [3.63, 3.8) is 0 Å². The number of carboxylic acids is 1. The SMILES string of the molecule is COc1cc2[nH]c(CC(C)C)c(Cc3cccc(C(=O)O)n3)c2cc1Cl. The molecule has 136 valence electrons. The maximum Gasteiger partial charge on any atom is 0.354 e. The van der Waals surface area contributed by atoms with Crippen LogP contribution in [0.5, 0.6) is 5.75 Å². The lowest BCUT2D eigenvalue weighted by Gasteiger charge is -2.08. The van der Waals surface area contributed by atoms with Crippen LogP contribution >= 0.6 is 11.6 Å². The van der Waals surface area contributed by atoms with Gasteiger partial charge in [0.15, 0.2) is 0 Å². The number of aromatic carboxylic acids is 1. The van der Waals surface area contributed by atoms with Crippen molar-refractivity contribution in [3.05, 3.63) is 58.0 Å². The van der Waals surface area contributed by atoms with Gasteiger partial charge in [-0.25, -0.2) is 9.78 Å². The summed E-state index contributed by atoms with van der Waals surface area (Å²) >= 11 is 6.33. The fourth-order valence-corrected chi connectivity index (χ4v) is 3.37. The third kappa shape index (κ3) is 3.68. The summed E-state index contributed by atoms with van der Waals surface area (Å²) < 4.78 is 5.31. The van der Waals surface area contributed by atoms with Crippen LogP contribution in [0.1, 0.15) is 41.3 Å². The number of hydrogen-bond acceptors (Lipinski definition) is 3. The minimum atomic E-state index is -1.03. The molecule has 0 fully saturated rings. The van der Waals surface area contributed by atoms with Crippen molar-refractivity contribution in [1.29, 1.82) is 0 Å². The third-order valence-electron chi connectivity index (χ3n) is 4.26. The van der Waals surface area contributed by atoms with Crippen LogP contribution in [0.3, 0.4) is 0 Å². The Morgan fingerprint density at radius 3 is 2.77 bits per heavy atom. The van der Waals surface area contributed by atoms with Crippen molar-refractivity contribution in [2.45, 2.75) is 26.7 Å². The summed E-state index contributed by atoms with van der Waals surface area (Å²) in [5, 5.41) is 10.7. The van der Waals surface area contributed by atoms with E-state index >= 15 is 0 Å². The lowest BCUT2D eigenvalue weighted by atomic mass is 9.99. The number of nitrogens with one attached hydrogen (secondary N) is 1. The van der Waals surface area contributed by atoms with E-state index in [9.17, 15) is 9.90 Å². The quantitative estimate of drug-likeness (QED) is 0.656. The molecule has 5 nitrogen and oxygen atoms in total. The van der Waals surface area contributed by atoms with Gasteiger partial charge in [0, 0.05) is 34.8 Å². The van der Waals surface area contributed by atoms with Crippen LogP contribution in [0.15, 0.2) is 30.3 Å². The van der Waals surface area contributed by atoms with E-state index in [1.165, 1.54) is 6.07 Å². The molecule has 0 aliphatic heterocycles. The molecule has 0 radical (unpaired) electrons. The third-order valence-corrected chi connectivity index (χ3v) is 4.56. The van der Waals surface area contributed by atoms with E-state index < -0.39 is 5.97 Å². The lowest BCUT2D eigenvalue weighted by Crippen LogP contribution is -2.04. The zero-order valence-corrected chi connectivity index (χ0v) is 15.7. The first-order valence-electron chi connectivity index (χ1n) is 8.45. The highest BCUT2D eigenvalue weighted by molar-refractivity contribution is 6.32. The van der Waals surface area contributed by atoms with E-state index in [2.05, 4.69) is 23.8 Å². The van der Waals surface area contributed by atoms with Gasteiger partial charge in [0.1, 0.15) is 11.4 Å². The molecular formula is C20H21ClN2O3. The van der Waals surface area contributed by atoms with Gasteiger partial charge in [0.05, 0.1) is 12.1 Å². The van der Waals surface area contributed by atoms with Crippen molar-refractivity contribution < 1.29 is 14.6 Å². The molecule has 2 aromatic heterocycles. The van der Waals surface area contributed by atoms with Gasteiger partial charge in [0.2, 0.25) is 0 Å². The van der Waals surface area contributed by atoms with Crippen molar-refractivity contribution in [2.75, 3.05) is 7.11 Å². The van der Waals surface area contributed by atoms with Crippen LogP contribution < -0.4 is 4.74 Å². The smallest absolute Gasteiger partial charge is 0.354 e. The van der Waals surface area contributed by atoms with E-state index in [-0.39, 0.29) is 5.69 Å². The maximum atomic E-state index is 11.2. The zero-order valence-electron chi connectivity index (χ0n) is 15.0. The van der Waals surface area contributed by atoms with Gasteiger partial charge >= 0.3 is 5.97 Å². The Morgan fingerprint density at radius 1 is 1.35 bits per heavy atom. The van der Waals surface area contributed by atoms with Gasteiger partial charge in [-0.15, -0.1) is 0 Å². The van der Waals surface area contributed by atoms with E-state index in [1.807, 2.05) is 18.2 Å². The van der Waals surface area contributed by atoms with Crippen molar-refractivity contribution in [2.24, 2.45) is 5.92 Å². The number of rotatable bonds is 6. The number of fused-ring (bicyclic) bond motifs is 1. The predicted octanol–water partition coefficient (Wildman–Crippen LogP) is 4.71. The highest BCUT2D eigenvalue weighted by atomic mass is 35.5. The first-order chi connectivity index (χ1) is 12.4.